The smallest absolute Gasteiger partial charge is 0.409 e. The molecule has 6 nitrogen and oxygen atoms in total. The molecular weight excluding hydrogens is 226 g/mol. The molecule has 1 amide bonds. The monoisotopic (exact) mass is 243 g/mol. The SMILES string of the molecule is CN(C)C(=O)OC1CC2(CCC1=O)OCCO2. The van der Waals surface area contributed by atoms with E-state index in [1.165, 1.54) is 4.90 Å². The minimum Gasteiger partial charge on any atom is -0.438 e. The van der Waals surface area contributed by atoms with Gasteiger partial charge in [0.25, 0.3) is 0 Å². The summed E-state index contributed by atoms with van der Waals surface area (Å²) >= 11 is 0. The first-order chi connectivity index (χ1) is 8.02. The summed E-state index contributed by atoms with van der Waals surface area (Å²) in [6, 6.07) is 0. The van der Waals surface area contributed by atoms with Gasteiger partial charge in [-0.15, -0.1) is 0 Å². The number of amides is 1. The molecule has 2 fully saturated rings. The number of rotatable bonds is 1. The van der Waals surface area contributed by atoms with E-state index < -0.39 is 18.0 Å². The van der Waals surface area contributed by atoms with Crippen molar-refractivity contribution in [2.75, 3.05) is 27.3 Å². The maximum absolute atomic E-state index is 11.7. The maximum atomic E-state index is 11.7. The van der Waals surface area contributed by atoms with E-state index in [-0.39, 0.29) is 5.78 Å². The van der Waals surface area contributed by atoms with Crippen LogP contribution in [0.1, 0.15) is 19.3 Å². The highest BCUT2D eigenvalue weighted by Crippen LogP contribution is 2.35. The number of hydrogen-bond donors (Lipinski definition) is 0. The summed E-state index contributed by atoms with van der Waals surface area (Å²) in [7, 11) is 3.15. The Balaban J connectivity index is 2.00. The van der Waals surface area contributed by atoms with Crippen LogP contribution in [0.2, 0.25) is 0 Å². The van der Waals surface area contributed by atoms with Crippen LogP contribution in [0, 0.1) is 0 Å². The molecule has 2 rings (SSSR count). The highest BCUT2D eigenvalue weighted by molar-refractivity contribution is 5.86. The second kappa shape index (κ2) is 4.62. The van der Waals surface area contributed by atoms with Crippen molar-refractivity contribution >= 4 is 11.9 Å². The molecule has 1 aliphatic carbocycles. The summed E-state index contributed by atoms with van der Waals surface area (Å²) in [5.41, 5.74) is 0. The van der Waals surface area contributed by atoms with E-state index >= 15 is 0 Å². The van der Waals surface area contributed by atoms with Gasteiger partial charge in [-0.25, -0.2) is 4.79 Å². The molecule has 1 heterocycles. The van der Waals surface area contributed by atoms with Crippen LogP contribution >= 0.6 is 0 Å². The zero-order valence-electron chi connectivity index (χ0n) is 10.1. The normalized spacial score (nSPS) is 27.2. The van der Waals surface area contributed by atoms with Gasteiger partial charge in [-0.05, 0) is 0 Å². The summed E-state index contributed by atoms with van der Waals surface area (Å²) in [5.74, 6) is -0.782. The predicted octanol–water partition coefficient (Wildman–Crippen LogP) is 0.549. The first kappa shape index (κ1) is 12.3. The van der Waals surface area contributed by atoms with Gasteiger partial charge >= 0.3 is 6.09 Å². The van der Waals surface area contributed by atoms with E-state index in [0.717, 1.165) is 0 Å². The molecule has 1 aliphatic heterocycles. The van der Waals surface area contributed by atoms with E-state index in [9.17, 15) is 9.59 Å². The summed E-state index contributed by atoms with van der Waals surface area (Å²) in [6.45, 7) is 1.06. The molecule has 1 atom stereocenters. The maximum Gasteiger partial charge on any atom is 0.409 e. The summed E-state index contributed by atoms with van der Waals surface area (Å²) in [6.07, 6.45) is -0.103. The van der Waals surface area contributed by atoms with Gasteiger partial charge in [-0.3, -0.25) is 4.79 Å². The molecule has 0 N–H and O–H groups in total. The highest BCUT2D eigenvalue weighted by Gasteiger charge is 2.46. The number of ether oxygens (including phenoxy) is 3. The Morgan fingerprint density at radius 2 is 2.06 bits per heavy atom. The second-order valence-electron chi connectivity index (χ2n) is 4.54. The van der Waals surface area contributed by atoms with Crippen molar-refractivity contribution in [3.63, 3.8) is 0 Å². The van der Waals surface area contributed by atoms with Gasteiger partial charge in [-0.1, -0.05) is 0 Å². The Kier molecular flexibility index (Phi) is 3.35. The van der Waals surface area contributed by atoms with Crippen molar-refractivity contribution in [3.8, 4) is 0 Å². The van der Waals surface area contributed by atoms with Crippen LogP contribution < -0.4 is 0 Å². The molecule has 0 aromatic rings. The molecule has 1 saturated heterocycles. The van der Waals surface area contributed by atoms with Crippen LogP contribution in [0.5, 0.6) is 0 Å². The van der Waals surface area contributed by atoms with Gasteiger partial charge in [0.2, 0.25) is 0 Å². The lowest BCUT2D eigenvalue weighted by molar-refractivity contribution is -0.196. The van der Waals surface area contributed by atoms with Gasteiger partial charge in [0.05, 0.1) is 13.2 Å². The average Bonchev–Trinajstić information content (AvgIpc) is 2.72. The second-order valence-corrected chi connectivity index (χ2v) is 4.54. The molecule has 1 spiro atoms. The minimum atomic E-state index is -0.753. The molecule has 1 saturated carbocycles. The number of hydrogen-bond acceptors (Lipinski definition) is 5. The largest absolute Gasteiger partial charge is 0.438 e. The van der Waals surface area contributed by atoms with Crippen molar-refractivity contribution in [1.29, 1.82) is 0 Å². The lowest BCUT2D eigenvalue weighted by atomic mass is 9.90. The highest BCUT2D eigenvalue weighted by atomic mass is 16.7. The van der Waals surface area contributed by atoms with Crippen LogP contribution in [-0.2, 0) is 19.0 Å². The van der Waals surface area contributed by atoms with Gasteiger partial charge in [0, 0.05) is 33.4 Å². The van der Waals surface area contributed by atoms with Crippen LogP contribution in [0.15, 0.2) is 0 Å². The molecule has 17 heavy (non-hydrogen) atoms. The van der Waals surface area contributed by atoms with Gasteiger partial charge < -0.3 is 19.1 Å². The quantitative estimate of drug-likeness (QED) is 0.673. The molecule has 2 aliphatic rings. The molecule has 0 radical (unpaired) electrons. The fourth-order valence-corrected chi connectivity index (χ4v) is 2.07. The van der Waals surface area contributed by atoms with E-state index in [1.54, 1.807) is 14.1 Å². The number of carbonyl (C=O) groups excluding carboxylic acids is 2. The Bertz CT molecular complexity index is 322. The summed E-state index contributed by atoms with van der Waals surface area (Å²) in [5, 5.41) is 0. The van der Waals surface area contributed by atoms with E-state index in [4.69, 9.17) is 14.2 Å². The van der Waals surface area contributed by atoms with Gasteiger partial charge in [0.1, 0.15) is 0 Å². The summed E-state index contributed by atoms with van der Waals surface area (Å²) < 4.78 is 16.2. The zero-order chi connectivity index (χ0) is 12.5. The number of ketones is 1. The Hall–Kier alpha value is -1.14. The van der Waals surface area contributed by atoms with Gasteiger partial charge in [-0.2, -0.15) is 0 Å². The first-order valence-electron chi connectivity index (χ1n) is 5.71. The molecular formula is C11H17NO5. The van der Waals surface area contributed by atoms with Crippen LogP contribution in [0.3, 0.4) is 0 Å². The molecule has 6 heteroatoms. The van der Waals surface area contributed by atoms with E-state index in [2.05, 4.69) is 0 Å². The van der Waals surface area contributed by atoms with Gasteiger partial charge in [0.15, 0.2) is 17.7 Å². The third kappa shape index (κ3) is 2.58. The summed E-state index contributed by atoms with van der Waals surface area (Å²) in [4.78, 5) is 24.4. The first-order valence-corrected chi connectivity index (χ1v) is 5.71. The number of nitrogens with zero attached hydrogens (tertiary/aromatic N) is 1. The Morgan fingerprint density at radius 3 is 2.65 bits per heavy atom. The molecule has 0 aromatic carbocycles. The fourth-order valence-electron chi connectivity index (χ4n) is 2.07. The van der Waals surface area contributed by atoms with Crippen molar-refractivity contribution in [2.24, 2.45) is 0 Å². The number of carbonyl (C=O) groups is 2. The Morgan fingerprint density at radius 1 is 1.41 bits per heavy atom. The number of Topliss-reactive ketones (excluding diaryl/α,β-unsaturated/α-hetero) is 1. The molecule has 1 unspecified atom stereocenters. The third-order valence-corrected chi connectivity index (χ3v) is 3.03. The lowest BCUT2D eigenvalue weighted by Gasteiger charge is -2.35. The van der Waals surface area contributed by atoms with Crippen molar-refractivity contribution in [1.82, 2.24) is 4.90 Å². The third-order valence-electron chi connectivity index (χ3n) is 3.03. The van der Waals surface area contributed by atoms with Crippen molar-refractivity contribution in [3.05, 3.63) is 0 Å². The van der Waals surface area contributed by atoms with Crippen molar-refractivity contribution in [2.45, 2.75) is 31.2 Å². The minimum absolute atomic E-state index is 0.0649. The zero-order valence-corrected chi connectivity index (χ0v) is 10.1. The van der Waals surface area contributed by atoms with Crippen molar-refractivity contribution < 1.29 is 23.8 Å². The molecule has 0 bridgehead atoms. The molecule has 0 aromatic heterocycles. The van der Waals surface area contributed by atoms with Crippen LogP contribution in [0.25, 0.3) is 0 Å². The standard InChI is InChI=1S/C11H17NO5/c1-12(2)10(14)17-9-7-11(4-3-8(9)13)15-5-6-16-11/h9H,3-7H2,1-2H3. The predicted molar refractivity (Wildman–Crippen MR) is 57.4 cm³/mol. The average molecular weight is 243 g/mol. The fraction of sp³-hybridized carbons (Fsp3) is 0.818. The van der Waals surface area contributed by atoms with E-state index in [1.807, 2.05) is 0 Å². The topological polar surface area (TPSA) is 65.1 Å². The lowest BCUT2D eigenvalue weighted by Crippen LogP contribution is -2.46. The Labute approximate surface area is 99.8 Å². The van der Waals surface area contributed by atoms with Crippen LogP contribution in [-0.4, -0.2) is 56.0 Å². The van der Waals surface area contributed by atoms with E-state index in [0.29, 0.717) is 32.5 Å². The van der Waals surface area contributed by atoms with Crippen LogP contribution in [0.4, 0.5) is 4.79 Å². The molecule has 96 valence electrons.